The van der Waals surface area contributed by atoms with Crippen LogP contribution in [0.25, 0.3) is 10.9 Å². The van der Waals surface area contributed by atoms with E-state index in [-0.39, 0.29) is 21.5 Å². The molecule has 1 amide bonds. The van der Waals surface area contributed by atoms with Crippen molar-refractivity contribution >= 4 is 55.6 Å². The second-order valence-electron chi connectivity index (χ2n) is 7.98. The number of aromatic amines is 1. The highest BCUT2D eigenvalue weighted by atomic mass is 32.2. The van der Waals surface area contributed by atoms with Crippen LogP contribution in [0.2, 0.25) is 0 Å². The molecular formula is C25H27N3O4S3. The van der Waals surface area contributed by atoms with Gasteiger partial charge in [0.15, 0.2) is 0 Å². The van der Waals surface area contributed by atoms with E-state index in [1.165, 1.54) is 5.56 Å². The number of fused-ring (bicyclic) bond motifs is 1. The number of carbonyl (C=O) groups is 1. The van der Waals surface area contributed by atoms with E-state index >= 15 is 0 Å². The van der Waals surface area contributed by atoms with Gasteiger partial charge in [-0.05, 0) is 36.1 Å². The van der Waals surface area contributed by atoms with E-state index in [0.717, 1.165) is 22.5 Å². The summed E-state index contributed by atoms with van der Waals surface area (Å²) in [5, 5.41) is 5.50. The Morgan fingerprint density at radius 2 is 1.91 bits per heavy atom. The molecule has 0 aliphatic rings. The Labute approximate surface area is 213 Å². The molecule has 2 atom stereocenters. The monoisotopic (exact) mass is 529 g/mol. The van der Waals surface area contributed by atoms with Crippen LogP contribution < -0.4 is 10.0 Å². The smallest absolute Gasteiger partial charge is 0.271 e. The maximum absolute atomic E-state index is 13.0. The topological polar surface area (TPSA) is 100 Å². The van der Waals surface area contributed by atoms with Crippen LogP contribution in [0.15, 0.2) is 76.3 Å². The molecule has 35 heavy (non-hydrogen) atoms. The first-order valence-corrected chi connectivity index (χ1v) is 14.4. The molecule has 0 saturated heterocycles. The molecule has 7 nitrogen and oxygen atoms in total. The number of methoxy groups -OCH3 is 1. The Morgan fingerprint density at radius 1 is 1.11 bits per heavy atom. The zero-order chi connectivity index (χ0) is 24.8. The number of para-hydroxylation sites is 1. The molecule has 2 unspecified atom stereocenters. The molecule has 0 radical (unpaired) electrons. The largest absolute Gasteiger partial charge is 0.381 e. The number of ether oxygens (including phenoxy) is 1. The zero-order valence-electron chi connectivity index (χ0n) is 19.4. The third kappa shape index (κ3) is 6.26. The van der Waals surface area contributed by atoms with Crippen LogP contribution in [0, 0.1) is 0 Å². The van der Waals surface area contributed by atoms with E-state index in [9.17, 15) is 13.2 Å². The van der Waals surface area contributed by atoms with Gasteiger partial charge in [0, 0.05) is 30.0 Å². The molecule has 3 N–H and O–H groups in total. The van der Waals surface area contributed by atoms with Crippen LogP contribution in [0.5, 0.6) is 0 Å². The Balaban J connectivity index is 1.45. The SMILES string of the molecule is COC(C)C(CNC(=O)c1cc2cccc(NS(=O)(=O)c3cccs3)c2[nH]1)SCc1ccccc1. The summed E-state index contributed by atoms with van der Waals surface area (Å²) in [6.45, 7) is 2.42. The Hall–Kier alpha value is -2.79. The van der Waals surface area contributed by atoms with E-state index in [1.807, 2.05) is 31.2 Å². The number of anilines is 1. The van der Waals surface area contributed by atoms with Gasteiger partial charge in [-0.1, -0.05) is 48.5 Å². The number of benzene rings is 2. The maximum atomic E-state index is 13.0. The van der Waals surface area contributed by atoms with Crippen LogP contribution in [0.1, 0.15) is 23.0 Å². The van der Waals surface area contributed by atoms with Gasteiger partial charge < -0.3 is 15.0 Å². The molecule has 0 bridgehead atoms. The molecule has 2 aromatic carbocycles. The number of nitrogens with one attached hydrogen (secondary N) is 3. The normalized spacial score (nSPS) is 13.4. The fraction of sp³-hybridized carbons (Fsp3) is 0.240. The lowest BCUT2D eigenvalue weighted by atomic mass is 10.2. The Morgan fingerprint density at radius 3 is 2.63 bits per heavy atom. The molecule has 0 spiro atoms. The highest BCUT2D eigenvalue weighted by molar-refractivity contribution is 7.99. The molecule has 0 aliphatic heterocycles. The van der Waals surface area contributed by atoms with Crippen LogP contribution >= 0.6 is 23.1 Å². The van der Waals surface area contributed by atoms with Crippen LogP contribution in [-0.2, 0) is 20.5 Å². The maximum Gasteiger partial charge on any atom is 0.271 e. The van der Waals surface area contributed by atoms with Gasteiger partial charge in [0.2, 0.25) is 0 Å². The van der Waals surface area contributed by atoms with Crippen molar-refractivity contribution in [1.29, 1.82) is 0 Å². The fourth-order valence-electron chi connectivity index (χ4n) is 3.55. The first kappa shape index (κ1) is 25.3. The van der Waals surface area contributed by atoms with Crippen LogP contribution in [0.3, 0.4) is 0 Å². The summed E-state index contributed by atoms with van der Waals surface area (Å²) in [6.07, 6.45) is -0.0509. The molecule has 2 heterocycles. The summed E-state index contributed by atoms with van der Waals surface area (Å²) in [6, 6.07) is 20.4. The van der Waals surface area contributed by atoms with Gasteiger partial charge in [0.25, 0.3) is 15.9 Å². The van der Waals surface area contributed by atoms with Crippen molar-refractivity contribution < 1.29 is 17.9 Å². The number of thiophene rings is 1. The number of aromatic nitrogens is 1. The number of hydrogen-bond donors (Lipinski definition) is 3. The van der Waals surface area contributed by atoms with Crippen molar-refractivity contribution in [2.75, 3.05) is 18.4 Å². The van der Waals surface area contributed by atoms with Gasteiger partial charge >= 0.3 is 0 Å². The van der Waals surface area contributed by atoms with Gasteiger partial charge in [-0.2, -0.15) is 0 Å². The minimum Gasteiger partial charge on any atom is -0.381 e. The van der Waals surface area contributed by atoms with Gasteiger partial charge in [-0.3, -0.25) is 9.52 Å². The van der Waals surface area contributed by atoms with E-state index < -0.39 is 10.0 Å². The third-order valence-electron chi connectivity index (χ3n) is 5.57. The number of thioether (sulfide) groups is 1. The van der Waals surface area contributed by atoms with Crippen molar-refractivity contribution in [2.24, 2.45) is 0 Å². The molecule has 4 aromatic rings. The average molecular weight is 530 g/mol. The number of hydrogen-bond acceptors (Lipinski definition) is 6. The van der Waals surface area contributed by atoms with E-state index in [1.54, 1.807) is 54.6 Å². The summed E-state index contributed by atoms with van der Waals surface area (Å²) in [4.78, 5) is 16.0. The fourth-order valence-corrected chi connectivity index (χ4v) is 6.80. The van der Waals surface area contributed by atoms with E-state index in [4.69, 9.17) is 4.74 Å². The van der Waals surface area contributed by atoms with Crippen LogP contribution in [-0.4, -0.2) is 44.3 Å². The lowest BCUT2D eigenvalue weighted by Crippen LogP contribution is -2.37. The van der Waals surface area contributed by atoms with Gasteiger partial charge in [-0.25, -0.2) is 8.42 Å². The minimum absolute atomic E-state index is 0.0509. The number of amides is 1. The highest BCUT2D eigenvalue weighted by Gasteiger charge is 2.21. The van der Waals surface area contributed by atoms with Gasteiger partial charge in [0.1, 0.15) is 9.90 Å². The van der Waals surface area contributed by atoms with E-state index in [0.29, 0.717) is 23.4 Å². The molecule has 10 heteroatoms. The highest BCUT2D eigenvalue weighted by Crippen LogP contribution is 2.27. The Bertz CT molecular complexity index is 1370. The summed E-state index contributed by atoms with van der Waals surface area (Å²) < 4.78 is 33.7. The van der Waals surface area contributed by atoms with Gasteiger partial charge in [0.05, 0.1) is 17.3 Å². The summed E-state index contributed by atoms with van der Waals surface area (Å²) in [5.74, 6) is 0.553. The predicted molar refractivity (Wildman–Crippen MR) is 144 cm³/mol. The molecule has 0 saturated carbocycles. The van der Waals surface area contributed by atoms with Crippen LogP contribution in [0.4, 0.5) is 5.69 Å². The van der Waals surface area contributed by atoms with Gasteiger partial charge in [-0.15, -0.1) is 23.1 Å². The number of sulfonamides is 1. The predicted octanol–water partition coefficient (Wildman–Crippen LogP) is 5.10. The van der Waals surface area contributed by atoms with Crippen molar-refractivity contribution in [3.8, 4) is 0 Å². The Kier molecular flexibility index (Phi) is 8.17. The summed E-state index contributed by atoms with van der Waals surface area (Å²) >= 11 is 2.87. The molecular weight excluding hydrogens is 502 g/mol. The first-order chi connectivity index (χ1) is 16.9. The molecule has 4 rings (SSSR count). The molecule has 0 aliphatic carbocycles. The molecule has 2 aromatic heterocycles. The minimum atomic E-state index is -3.70. The number of carbonyl (C=O) groups excluding carboxylic acids is 1. The lowest BCUT2D eigenvalue weighted by Gasteiger charge is -2.22. The first-order valence-electron chi connectivity index (χ1n) is 11.0. The molecule has 184 valence electrons. The zero-order valence-corrected chi connectivity index (χ0v) is 21.8. The quantitative estimate of drug-likeness (QED) is 0.251. The van der Waals surface area contributed by atoms with Crippen molar-refractivity contribution in [3.05, 3.63) is 83.4 Å². The second kappa shape index (κ2) is 11.3. The summed E-state index contributed by atoms with van der Waals surface area (Å²) in [5.41, 5.74) is 2.52. The van der Waals surface area contributed by atoms with Crippen molar-refractivity contribution in [3.63, 3.8) is 0 Å². The standard InChI is InChI=1S/C25H27N3O4S3/c1-17(32-2)22(34-16-18-8-4-3-5-9-18)15-26-25(29)21-14-19-10-6-11-20(24(19)27-21)28-35(30,31)23-12-7-13-33-23/h3-14,17,22,27-28H,15-16H2,1-2H3,(H,26,29). The second-order valence-corrected chi connectivity index (χ2v) is 12.1. The number of H-pyrrole nitrogens is 1. The summed E-state index contributed by atoms with van der Waals surface area (Å²) in [7, 11) is -2.04. The number of rotatable bonds is 11. The molecule has 0 fully saturated rings. The van der Waals surface area contributed by atoms with Crippen molar-refractivity contribution in [2.45, 2.75) is 28.2 Å². The van der Waals surface area contributed by atoms with Crippen molar-refractivity contribution in [1.82, 2.24) is 10.3 Å². The lowest BCUT2D eigenvalue weighted by molar-refractivity contribution is 0.0923. The average Bonchev–Trinajstić information content (AvgIpc) is 3.55. The van der Waals surface area contributed by atoms with E-state index in [2.05, 4.69) is 27.2 Å². The third-order valence-corrected chi connectivity index (χ3v) is 9.81.